The number of rotatable bonds is 2. The first-order chi connectivity index (χ1) is 7.44. The van der Waals surface area contributed by atoms with Crippen LogP contribution in [0.25, 0.3) is 10.9 Å². The maximum Gasteiger partial charge on any atom is 0.139 e. The smallest absolute Gasteiger partial charge is 0.139 e. The number of aryl methyl sites for hydroxylation is 1. The van der Waals surface area contributed by atoms with Crippen LogP contribution in [-0.4, -0.2) is 10.4 Å². The van der Waals surface area contributed by atoms with Crippen LogP contribution in [0.2, 0.25) is 0 Å². The summed E-state index contributed by atoms with van der Waals surface area (Å²) >= 11 is 0. The first-order valence-electron chi connectivity index (χ1n) is 5.50. The summed E-state index contributed by atoms with van der Waals surface area (Å²) in [6.45, 7) is 5.62. The van der Waals surface area contributed by atoms with Gasteiger partial charge in [-0.05, 0) is 32.4 Å². The summed E-state index contributed by atoms with van der Waals surface area (Å²) in [5.41, 5.74) is 1.87. The first-order valence-corrected chi connectivity index (χ1v) is 5.50. The SMILES string of the molecule is CC(=O)C(C)(C)c1cn(C)c2ccccc12. The standard InChI is InChI=1S/C14H17NO/c1-10(16)14(2,3)12-9-15(4)13-8-6-5-7-11(12)13/h5-9H,1-4H3. The molecule has 0 radical (unpaired) electrons. The number of hydrogen-bond donors (Lipinski definition) is 0. The number of benzene rings is 1. The van der Waals surface area contributed by atoms with E-state index in [1.165, 1.54) is 10.9 Å². The molecule has 0 N–H and O–H groups in total. The van der Waals surface area contributed by atoms with Gasteiger partial charge in [-0.25, -0.2) is 0 Å². The number of carbonyl (C=O) groups is 1. The molecule has 2 aromatic rings. The quantitative estimate of drug-likeness (QED) is 0.754. The summed E-state index contributed by atoms with van der Waals surface area (Å²) in [5.74, 6) is 0.198. The second-order valence-electron chi connectivity index (χ2n) is 4.85. The molecule has 0 aliphatic carbocycles. The van der Waals surface area contributed by atoms with Crippen LogP contribution in [0.4, 0.5) is 0 Å². The van der Waals surface area contributed by atoms with Crippen molar-refractivity contribution in [3.63, 3.8) is 0 Å². The second kappa shape index (κ2) is 3.48. The van der Waals surface area contributed by atoms with Gasteiger partial charge in [-0.1, -0.05) is 18.2 Å². The average Bonchev–Trinajstić information content (AvgIpc) is 2.57. The zero-order chi connectivity index (χ0) is 11.9. The molecule has 2 heteroatoms. The normalized spacial score (nSPS) is 12.0. The average molecular weight is 215 g/mol. The van der Waals surface area contributed by atoms with Crippen LogP contribution in [0.5, 0.6) is 0 Å². The second-order valence-corrected chi connectivity index (χ2v) is 4.85. The van der Waals surface area contributed by atoms with Gasteiger partial charge in [-0.2, -0.15) is 0 Å². The van der Waals surface area contributed by atoms with Crippen LogP contribution in [0.15, 0.2) is 30.5 Å². The van der Waals surface area contributed by atoms with E-state index in [0.29, 0.717) is 0 Å². The Morgan fingerprint density at radius 2 is 1.88 bits per heavy atom. The van der Waals surface area contributed by atoms with Crippen molar-refractivity contribution < 1.29 is 4.79 Å². The Kier molecular flexibility index (Phi) is 2.38. The van der Waals surface area contributed by atoms with Gasteiger partial charge in [0.05, 0.1) is 5.41 Å². The maximum atomic E-state index is 11.7. The lowest BCUT2D eigenvalue weighted by molar-refractivity contribution is -0.121. The fourth-order valence-corrected chi connectivity index (χ4v) is 2.03. The lowest BCUT2D eigenvalue weighted by Gasteiger charge is -2.20. The van der Waals surface area contributed by atoms with E-state index in [9.17, 15) is 4.79 Å². The first kappa shape index (κ1) is 10.9. The van der Waals surface area contributed by atoms with Gasteiger partial charge in [0.1, 0.15) is 5.78 Å². The number of fused-ring (bicyclic) bond motifs is 1. The molecule has 1 aromatic heterocycles. The fraction of sp³-hybridized carbons (Fsp3) is 0.357. The topological polar surface area (TPSA) is 22.0 Å². The predicted molar refractivity (Wildman–Crippen MR) is 66.6 cm³/mol. The number of carbonyl (C=O) groups excluding carboxylic acids is 1. The number of para-hydroxylation sites is 1. The van der Waals surface area contributed by atoms with E-state index < -0.39 is 5.41 Å². The van der Waals surface area contributed by atoms with Gasteiger partial charge in [0.2, 0.25) is 0 Å². The minimum absolute atomic E-state index is 0.198. The van der Waals surface area contributed by atoms with Gasteiger partial charge in [-0.15, -0.1) is 0 Å². The molecule has 0 saturated heterocycles. The number of hydrogen-bond acceptors (Lipinski definition) is 1. The lowest BCUT2D eigenvalue weighted by Crippen LogP contribution is -2.26. The van der Waals surface area contributed by atoms with E-state index in [2.05, 4.69) is 22.9 Å². The summed E-state index contributed by atoms with van der Waals surface area (Å²) in [4.78, 5) is 11.7. The van der Waals surface area contributed by atoms with Crippen molar-refractivity contribution in [3.8, 4) is 0 Å². The third kappa shape index (κ3) is 1.45. The van der Waals surface area contributed by atoms with Crippen molar-refractivity contribution in [1.82, 2.24) is 4.57 Å². The van der Waals surface area contributed by atoms with E-state index in [-0.39, 0.29) is 5.78 Å². The van der Waals surface area contributed by atoms with Crippen LogP contribution in [0, 0.1) is 0 Å². The van der Waals surface area contributed by atoms with Gasteiger partial charge < -0.3 is 4.57 Å². The van der Waals surface area contributed by atoms with Gasteiger partial charge in [-0.3, -0.25) is 4.79 Å². The summed E-state index contributed by atoms with van der Waals surface area (Å²) in [5, 5.41) is 1.17. The molecule has 84 valence electrons. The third-order valence-electron chi connectivity index (χ3n) is 3.45. The van der Waals surface area contributed by atoms with Crippen molar-refractivity contribution >= 4 is 16.7 Å². The molecule has 0 spiro atoms. The van der Waals surface area contributed by atoms with Gasteiger partial charge in [0, 0.05) is 24.1 Å². The number of ketones is 1. The summed E-state index contributed by atoms with van der Waals surface area (Å²) in [7, 11) is 2.02. The molecule has 0 saturated carbocycles. The Morgan fingerprint density at radius 3 is 2.50 bits per heavy atom. The zero-order valence-corrected chi connectivity index (χ0v) is 10.2. The lowest BCUT2D eigenvalue weighted by atomic mass is 9.81. The monoisotopic (exact) mass is 215 g/mol. The minimum atomic E-state index is -0.416. The largest absolute Gasteiger partial charge is 0.350 e. The highest BCUT2D eigenvalue weighted by atomic mass is 16.1. The van der Waals surface area contributed by atoms with Crippen LogP contribution in [0.3, 0.4) is 0 Å². The van der Waals surface area contributed by atoms with Crippen LogP contribution < -0.4 is 0 Å². The van der Waals surface area contributed by atoms with Crippen LogP contribution >= 0.6 is 0 Å². The molecule has 0 aliphatic heterocycles. The Balaban J connectivity index is 2.75. The highest BCUT2D eigenvalue weighted by molar-refractivity contribution is 5.94. The predicted octanol–water partition coefficient (Wildman–Crippen LogP) is 3.04. The Bertz CT molecular complexity index is 549. The van der Waals surface area contributed by atoms with Gasteiger partial charge in [0.15, 0.2) is 0 Å². The van der Waals surface area contributed by atoms with E-state index in [1.54, 1.807) is 6.92 Å². The van der Waals surface area contributed by atoms with Crippen molar-refractivity contribution in [2.45, 2.75) is 26.2 Å². The van der Waals surface area contributed by atoms with Crippen molar-refractivity contribution in [1.29, 1.82) is 0 Å². The molecular formula is C14H17NO. The highest BCUT2D eigenvalue weighted by Gasteiger charge is 2.29. The molecule has 0 unspecified atom stereocenters. The molecular weight excluding hydrogens is 198 g/mol. The van der Waals surface area contributed by atoms with Crippen molar-refractivity contribution in [3.05, 3.63) is 36.0 Å². The van der Waals surface area contributed by atoms with E-state index in [1.807, 2.05) is 33.0 Å². The van der Waals surface area contributed by atoms with E-state index >= 15 is 0 Å². The third-order valence-corrected chi connectivity index (χ3v) is 3.45. The Labute approximate surface area is 95.9 Å². The maximum absolute atomic E-state index is 11.7. The molecule has 0 atom stereocenters. The molecule has 0 amide bonds. The number of aromatic nitrogens is 1. The van der Waals surface area contributed by atoms with Crippen LogP contribution in [0.1, 0.15) is 26.3 Å². The van der Waals surface area contributed by atoms with E-state index in [4.69, 9.17) is 0 Å². The minimum Gasteiger partial charge on any atom is -0.350 e. The molecule has 0 aliphatic rings. The number of nitrogens with zero attached hydrogens (tertiary/aromatic N) is 1. The molecule has 16 heavy (non-hydrogen) atoms. The molecule has 2 nitrogen and oxygen atoms in total. The van der Waals surface area contributed by atoms with Crippen molar-refractivity contribution in [2.24, 2.45) is 7.05 Å². The Morgan fingerprint density at radius 1 is 1.25 bits per heavy atom. The Hall–Kier alpha value is -1.57. The molecule has 2 rings (SSSR count). The van der Waals surface area contributed by atoms with Crippen LogP contribution in [-0.2, 0) is 17.3 Å². The highest BCUT2D eigenvalue weighted by Crippen LogP contribution is 2.32. The molecule has 0 fully saturated rings. The van der Waals surface area contributed by atoms with Gasteiger partial charge >= 0.3 is 0 Å². The zero-order valence-electron chi connectivity index (χ0n) is 10.2. The number of Topliss-reactive ketones (excluding diaryl/α,β-unsaturated/α-hetero) is 1. The fourth-order valence-electron chi connectivity index (χ4n) is 2.03. The van der Waals surface area contributed by atoms with Crippen molar-refractivity contribution in [2.75, 3.05) is 0 Å². The van der Waals surface area contributed by atoms with Gasteiger partial charge in [0.25, 0.3) is 0 Å². The summed E-state index contributed by atoms with van der Waals surface area (Å²) in [6, 6.07) is 8.19. The molecule has 0 bridgehead atoms. The van der Waals surface area contributed by atoms with E-state index in [0.717, 1.165) is 5.56 Å². The molecule has 1 aromatic carbocycles. The molecule has 1 heterocycles. The summed E-state index contributed by atoms with van der Waals surface area (Å²) < 4.78 is 2.08. The summed E-state index contributed by atoms with van der Waals surface area (Å²) in [6.07, 6.45) is 2.06.